The van der Waals surface area contributed by atoms with Gasteiger partial charge in [0.15, 0.2) is 5.78 Å². The average molecular weight is 256 g/mol. The molecule has 1 aliphatic rings. The topological polar surface area (TPSA) is 61.2 Å². The van der Waals surface area contributed by atoms with Gasteiger partial charge in [0, 0.05) is 12.2 Å². The van der Waals surface area contributed by atoms with Gasteiger partial charge < -0.3 is 4.90 Å². The number of carbonyl (C=O) groups is 2. The minimum Gasteiger partial charge on any atom is -0.312 e. The molecule has 1 aromatic rings. The molecular formula is C15H16N2O2. The lowest BCUT2D eigenvalue weighted by Crippen LogP contribution is -2.45. The molecule has 0 bridgehead atoms. The zero-order valence-corrected chi connectivity index (χ0v) is 10.9. The molecule has 0 aliphatic carbocycles. The fourth-order valence-corrected chi connectivity index (χ4v) is 2.37. The van der Waals surface area contributed by atoms with Crippen molar-refractivity contribution in [1.29, 1.82) is 5.26 Å². The van der Waals surface area contributed by atoms with Gasteiger partial charge in [0.2, 0.25) is 5.91 Å². The highest BCUT2D eigenvalue weighted by molar-refractivity contribution is 6.10. The second-order valence-electron chi connectivity index (χ2n) is 4.77. The Labute approximate surface area is 112 Å². The maximum atomic E-state index is 12.4. The fourth-order valence-electron chi connectivity index (χ4n) is 2.37. The van der Waals surface area contributed by atoms with Crippen molar-refractivity contribution < 1.29 is 9.59 Å². The van der Waals surface area contributed by atoms with Crippen molar-refractivity contribution in [2.45, 2.75) is 19.8 Å². The van der Waals surface area contributed by atoms with Crippen LogP contribution in [0.25, 0.3) is 0 Å². The molecule has 0 unspecified atom stereocenters. The molecule has 2 atom stereocenters. The number of Topliss-reactive ketones (excluding diaryl/α,β-unsaturated/α-hetero) is 1. The van der Waals surface area contributed by atoms with Crippen LogP contribution in [0.3, 0.4) is 0 Å². The molecule has 1 fully saturated rings. The van der Waals surface area contributed by atoms with Gasteiger partial charge in [-0.05, 0) is 31.9 Å². The lowest BCUT2D eigenvalue weighted by Gasteiger charge is -2.32. The normalized spacial score (nSPS) is 20.7. The number of nitriles is 1. The molecular weight excluding hydrogens is 240 g/mol. The number of anilines is 1. The van der Waals surface area contributed by atoms with E-state index >= 15 is 0 Å². The average Bonchev–Trinajstić information content (AvgIpc) is 2.47. The molecule has 2 rings (SSSR count). The van der Waals surface area contributed by atoms with E-state index in [-0.39, 0.29) is 11.7 Å². The Balaban J connectivity index is 2.20. The molecule has 0 spiro atoms. The second-order valence-corrected chi connectivity index (χ2v) is 4.77. The van der Waals surface area contributed by atoms with Gasteiger partial charge in [-0.2, -0.15) is 5.26 Å². The third-order valence-electron chi connectivity index (χ3n) is 3.47. The number of hydrogen-bond acceptors (Lipinski definition) is 3. The Morgan fingerprint density at radius 3 is 2.74 bits per heavy atom. The molecule has 0 saturated carbocycles. The molecule has 0 N–H and O–H groups in total. The highest BCUT2D eigenvalue weighted by Crippen LogP contribution is 2.26. The predicted octanol–water partition coefficient (Wildman–Crippen LogP) is 2.16. The van der Waals surface area contributed by atoms with Crippen molar-refractivity contribution in [2.24, 2.45) is 11.8 Å². The quantitative estimate of drug-likeness (QED) is 0.778. The Hall–Kier alpha value is -2.15. The number of para-hydroxylation sites is 1. The Morgan fingerprint density at radius 2 is 2.11 bits per heavy atom. The number of rotatable bonds is 3. The van der Waals surface area contributed by atoms with Gasteiger partial charge in [-0.25, -0.2) is 0 Å². The maximum absolute atomic E-state index is 12.4. The zero-order chi connectivity index (χ0) is 13.8. The summed E-state index contributed by atoms with van der Waals surface area (Å²) in [6.07, 6.45) is 1.34. The first-order valence-electron chi connectivity index (χ1n) is 6.45. The van der Waals surface area contributed by atoms with Crippen LogP contribution in [-0.2, 0) is 9.59 Å². The summed E-state index contributed by atoms with van der Waals surface area (Å²) in [6.45, 7) is 2.19. The molecule has 1 amide bonds. The molecule has 1 aliphatic heterocycles. The van der Waals surface area contributed by atoms with E-state index in [0.717, 1.165) is 12.1 Å². The molecule has 1 saturated heterocycles. The molecule has 4 heteroatoms. The van der Waals surface area contributed by atoms with Crippen molar-refractivity contribution in [3.05, 3.63) is 30.3 Å². The van der Waals surface area contributed by atoms with Crippen LogP contribution in [0.15, 0.2) is 30.3 Å². The van der Waals surface area contributed by atoms with Crippen LogP contribution >= 0.6 is 0 Å². The van der Waals surface area contributed by atoms with Crippen molar-refractivity contribution >= 4 is 17.4 Å². The molecule has 1 aromatic carbocycles. The molecule has 4 nitrogen and oxygen atoms in total. The van der Waals surface area contributed by atoms with E-state index in [2.05, 4.69) is 0 Å². The number of hydrogen-bond donors (Lipinski definition) is 0. The molecule has 0 radical (unpaired) electrons. The van der Waals surface area contributed by atoms with Crippen LogP contribution in [-0.4, -0.2) is 18.2 Å². The largest absolute Gasteiger partial charge is 0.312 e. The van der Waals surface area contributed by atoms with E-state index in [9.17, 15) is 9.59 Å². The van der Waals surface area contributed by atoms with Gasteiger partial charge in [0.1, 0.15) is 5.92 Å². The van der Waals surface area contributed by atoms with E-state index in [1.54, 1.807) is 11.8 Å². The lowest BCUT2D eigenvalue weighted by atomic mass is 9.87. The highest BCUT2D eigenvalue weighted by atomic mass is 16.2. The monoisotopic (exact) mass is 256 g/mol. The van der Waals surface area contributed by atoms with E-state index in [1.807, 2.05) is 36.4 Å². The summed E-state index contributed by atoms with van der Waals surface area (Å²) in [5, 5.41) is 8.81. The van der Waals surface area contributed by atoms with Crippen LogP contribution < -0.4 is 4.90 Å². The molecule has 0 aromatic heterocycles. The fraction of sp³-hybridized carbons (Fsp3) is 0.400. The van der Waals surface area contributed by atoms with Crippen LogP contribution in [0.5, 0.6) is 0 Å². The number of ketones is 1. The standard InChI is InChI=1S/C15H16N2O2/c1-11(10-16)14(18)13-8-5-9-17(15(13)19)12-6-3-2-4-7-12/h2-4,6-7,11,13H,5,8-9H2,1H3/t11-,13+/m1/s1. The highest BCUT2D eigenvalue weighted by Gasteiger charge is 2.36. The van der Waals surface area contributed by atoms with E-state index in [1.165, 1.54) is 0 Å². The summed E-state index contributed by atoms with van der Waals surface area (Å²) >= 11 is 0. The Bertz CT molecular complexity index is 519. The third kappa shape index (κ3) is 2.65. The van der Waals surface area contributed by atoms with E-state index < -0.39 is 11.8 Å². The van der Waals surface area contributed by atoms with Crippen LogP contribution in [0, 0.1) is 23.2 Å². The van der Waals surface area contributed by atoms with Crippen LogP contribution in [0.2, 0.25) is 0 Å². The first-order valence-corrected chi connectivity index (χ1v) is 6.45. The minimum atomic E-state index is -0.718. The molecule has 1 heterocycles. The van der Waals surface area contributed by atoms with Crippen molar-refractivity contribution in [3.63, 3.8) is 0 Å². The summed E-state index contributed by atoms with van der Waals surface area (Å²) in [4.78, 5) is 26.1. The van der Waals surface area contributed by atoms with Gasteiger partial charge in [-0.15, -0.1) is 0 Å². The number of piperidine rings is 1. The third-order valence-corrected chi connectivity index (χ3v) is 3.47. The summed E-state index contributed by atoms with van der Waals surface area (Å²) in [5.74, 6) is -1.81. The van der Waals surface area contributed by atoms with Gasteiger partial charge in [0.25, 0.3) is 0 Å². The first-order chi connectivity index (χ1) is 9.15. The van der Waals surface area contributed by atoms with Gasteiger partial charge in [-0.1, -0.05) is 18.2 Å². The van der Waals surface area contributed by atoms with E-state index in [4.69, 9.17) is 5.26 Å². The van der Waals surface area contributed by atoms with Crippen LogP contribution in [0.4, 0.5) is 5.69 Å². The predicted molar refractivity (Wildman–Crippen MR) is 71.3 cm³/mol. The van der Waals surface area contributed by atoms with Crippen molar-refractivity contribution in [3.8, 4) is 6.07 Å². The summed E-state index contributed by atoms with van der Waals surface area (Å²) in [7, 11) is 0. The Kier molecular flexibility index (Phi) is 3.96. The number of nitrogens with zero attached hydrogens (tertiary/aromatic N) is 2. The van der Waals surface area contributed by atoms with E-state index in [0.29, 0.717) is 13.0 Å². The number of amides is 1. The number of carbonyl (C=O) groups excluding carboxylic acids is 2. The SMILES string of the molecule is C[C@H](C#N)C(=O)[C@@H]1CCCN(c2ccccc2)C1=O. The van der Waals surface area contributed by atoms with Crippen molar-refractivity contribution in [2.75, 3.05) is 11.4 Å². The van der Waals surface area contributed by atoms with Gasteiger partial charge in [-0.3, -0.25) is 9.59 Å². The van der Waals surface area contributed by atoms with Gasteiger partial charge in [0.05, 0.1) is 12.0 Å². The summed E-state index contributed by atoms with van der Waals surface area (Å²) in [5.41, 5.74) is 0.814. The second kappa shape index (κ2) is 5.66. The first kappa shape index (κ1) is 13.3. The number of benzene rings is 1. The summed E-state index contributed by atoms with van der Waals surface area (Å²) in [6, 6.07) is 11.3. The molecule has 19 heavy (non-hydrogen) atoms. The smallest absolute Gasteiger partial charge is 0.237 e. The molecule has 98 valence electrons. The minimum absolute atomic E-state index is 0.176. The van der Waals surface area contributed by atoms with Crippen molar-refractivity contribution in [1.82, 2.24) is 0 Å². The van der Waals surface area contributed by atoms with Crippen LogP contribution in [0.1, 0.15) is 19.8 Å². The maximum Gasteiger partial charge on any atom is 0.237 e. The summed E-state index contributed by atoms with van der Waals surface area (Å²) < 4.78 is 0. The Morgan fingerprint density at radius 1 is 1.42 bits per heavy atom. The zero-order valence-electron chi connectivity index (χ0n) is 10.9. The van der Waals surface area contributed by atoms with Gasteiger partial charge >= 0.3 is 0 Å². The lowest BCUT2D eigenvalue weighted by molar-refractivity contribution is -0.135.